The molecule has 2 aromatic rings. The molecule has 0 aromatic carbocycles. The van der Waals surface area contributed by atoms with Gasteiger partial charge in [-0.2, -0.15) is 4.98 Å². The first-order chi connectivity index (χ1) is 11.2. The molecule has 0 amide bonds. The minimum Gasteiger partial charge on any atom is -0.483 e. The Balaban J connectivity index is 2.09. The van der Waals surface area contributed by atoms with Crippen LogP contribution in [-0.4, -0.2) is 32.7 Å². The molecule has 124 valence electrons. The van der Waals surface area contributed by atoms with Gasteiger partial charge in [-0.3, -0.25) is 4.98 Å². The number of rotatable bonds is 9. The Morgan fingerprint density at radius 1 is 1.35 bits per heavy atom. The molecule has 0 radical (unpaired) electrons. The van der Waals surface area contributed by atoms with Crippen molar-refractivity contribution in [2.24, 2.45) is 0 Å². The Labute approximate surface area is 135 Å². The third kappa shape index (κ3) is 5.37. The summed E-state index contributed by atoms with van der Waals surface area (Å²) in [5, 5.41) is 12.5. The molecule has 0 aliphatic rings. The number of nitrogens with zero attached hydrogens (tertiary/aromatic N) is 3. The third-order valence-corrected chi connectivity index (χ3v) is 3.35. The first kappa shape index (κ1) is 17.0. The van der Waals surface area contributed by atoms with Crippen LogP contribution in [0.4, 0.5) is 11.8 Å². The maximum absolute atomic E-state index is 9.18. The van der Waals surface area contributed by atoms with Crippen LogP contribution < -0.4 is 15.8 Å². The Morgan fingerprint density at radius 2 is 2.22 bits per heavy atom. The number of anilines is 2. The number of hydrogen-bond acceptors (Lipinski definition) is 7. The number of ether oxygens (including phenoxy) is 1. The smallest absolute Gasteiger partial charge is 0.222 e. The average molecular weight is 317 g/mol. The standard InChI is InChI=1S/C16H23N5O2/c1-2-4-13(6-8-22)20-15-14(10-19-16(17)21-15)23-11-12-5-3-7-18-9-12/h3,5,7,9-10,13,22H,2,4,6,8,11H2,1H3,(H3,17,19,20,21)/t13-/m0/s1. The van der Waals surface area contributed by atoms with E-state index in [4.69, 9.17) is 10.5 Å². The van der Waals surface area contributed by atoms with Gasteiger partial charge >= 0.3 is 0 Å². The van der Waals surface area contributed by atoms with Crippen molar-refractivity contribution < 1.29 is 9.84 Å². The first-order valence-corrected chi connectivity index (χ1v) is 7.74. The summed E-state index contributed by atoms with van der Waals surface area (Å²) in [7, 11) is 0. The van der Waals surface area contributed by atoms with Crippen LogP contribution in [0, 0.1) is 0 Å². The van der Waals surface area contributed by atoms with Crippen LogP contribution in [0.15, 0.2) is 30.7 Å². The van der Waals surface area contributed by atoms with Crippen molar-refractivity contribution in [3.05, 3.63) is 36.3 Å². The van der Waals surface area contributed by atoms with E-state index in [-0.39, 0.29) is 18.6 Å². The SMILES string of the molecule is CCC[C@@H](CCO)Nc1nc(N)ncc1OCc1cccnc1. The zero-order valence-electron chi connectivity index (χ0n) is 13.3. The molecule has 2 aromatic heterocycles. The molecular weight excluding hydrogens is 294 g/mol. The molecule has 0 spiro atoms. The molecule has 23 heavy (non-hydrogen) atoms. The van der Waals surface area contributed by atoms with Gasteiger partial charge in [0.25, 0.3) is 0 Å². The lowest BCUT2D eigenvalue weighted by molar-refractivity contribution is 0.275. The Hall–Kier alpha value is -2.41. The molecule has 0 aliphatic heterocycles. The van der Waals surface area contributed by atoms with Gasteiger partial charge in [0.1, 0.15) is 6.61 Å². The van der Waals surface area contributed by atoms with Crippen molar-refractivity contribution in [1.82, 2.24) is 15.0 Å². The van der Waals surface area contributed by atoms with Gasteiger partial charge in [-0.15, -0.1) is 0 Å². The summed E-state index contributed by atoms with van der Waals surface area (Å²) in [6, 6.07) is 3.90. The van der Waals surface area contributed by atoms with Gasteiger partial charge in [0.2, 0.25) is 5.95 Å². The molecule has 0 unspecified atom stereocenters. The predicted octanol–water partition coefficient (Wildman–Crippen LogP) is 2.00. The largest absolute Gasteiger partial charge is 0.483 e. The van der Waals surface area contributed by atoms with Gasteiger partial charge in [0.15, 0.2) is 11.6 Å². The minimum absolute atomic E-state index is 0.111. The van der Waals surface area contributed by atoms with Crippen LogP contribution >= 0.6 is 0 Å². The summed E-state index contributed by atoms with van der Waals surface area (Å²) in [6.07, 6.45) is 7.59. The van der Waals surface area contributed by atoms with Crippen molar-refractivity contribution in [1.29, 1.82) is 0 Å². The maximum Gasteiger partial charge on any atom is 0.222 e. The average Bonchev–Trinajstić information content (AvgIpc) is 2.55. The Bertz CT molecular complexity index is 588. The van der Waals surface area contributed by atoms with Crippen molar-refractivity contribution in [3.63, 3.8) is 0 Å². The molecule has 0 saturated heterocycles. The molecule has 7 nitrogen and oxygen atoms in total. The summed E-state index contributed by atoms with van der Waals surface area (Å²) in [5.41, 5.74) is 6.64. The Kier molecular flexibility index (Phi) is 6.56. The highest BCUT2D eigenvalue weighted by atomic mass is 16.5. The summed E-state index contributed by atoms with van der Waals surface area (Å²) < 4.78 is 5.79. The monoisotopic (exact) mass is 317 g/mol. The van der Waals surface area contributed by atoms with E-state index in [1.165, 1.54) is 0 Å². The van der Waals surface area contributed by atoms with E-state index in [2.05, 4.69) is 27.2 Å². The van der Waals surface area contributed by atoms with Crippen LogP contribution in [0.1, 0.15) is 31.7 Å². The molecule has 0 bridgehead atoms. The summed E-state index contributed by atoms with van der Waals surface area (Å²) in [4.78, 5) is 12.3. The molecule has 2 heterocycles. The number of nitrogen functional groups attached to an aromatic ring is 1. The number of nitrogens with one attached hydrogen (secondary N) is 1. The third-order valence-electron chi connectivity index (χ3n) is 3.35. The van der Waals surface area contributed by atoms with Crippen LogP contribution in [0.3, 0.4) is 0 Å². The zero-order chi connectivity index (χ0) is 16.5. The highest BCUT2D eigenvalue weighted by Crippen LogP contribution is 2.24. The number of aliphatic hydroxyl groups excluding tert-OH is 1. The van der Waals surface area contributed by atoms with Gasteiger partial charge < -0.3 is 20.9 Å². The zero-order valence-corrected chi connectivity index (χ0v) is 13.3. The van der Waals surface area contributed by atoms with E-state index < -0.39 is 0 Å². The second-order valence-electron chi connectivity index (χ2n) is 5.23. The second kappa shape index (κ2) is 8.89. The fraction of sp³-hybridized carbons (Fsp3) is 0.438. The molecule has 2 rings (SSSR count). The van der Waals surface area contributed by atoms with E-state index in [0.29, 0.717) is 24.6 Å². The fourth-order valence-electron chi connectivity index (χ4n) is 2.22. The number of pyridine rings is 1. The summed E-state index contributed by atoms with van der Waals surface area (Å²) in [5.74, 6) is 1.26. The number of aromatic nitrogens is 3. The molecule has 4 N–H and O–H groups in total. The lowest BCUT2D eigenvalue weighted by atomic mass is 10.1. The normalized spacial score (nSPS) is 11.9. The van der Waals surface area contributed by atoms with Crippen LogP contribution in [0.2, 0.25) is 0 Å². The summed E-state index contributed by atoms with van der Waals surface area (Å²) in [6.45, 7) is 2.58. The predicted molar refractivity (Wildman–Crippen MR) is 89.0 cm³/mol. The van der Waals surface area contributed by atoms with E-state index in [1.807, 2.05) is 12.1 Å². The molecule has 0 aliphatic carbocycles. The number of nitrogens with two attached hydrogens (primary N) is 1. The number of aliphatic hydroxyl groups is 1. The van der Waals surface area contributed by atoms with Crippen molar-refractivity contribution >= 4 is 11.8 Å². The van der Waals surface area contributed by atoms with Crippen LogP contribution in [0.5, 0.6) is 5.75 Å². The van der Waals surface area contributed by atoms with Gasteiger partial charge in [0.05, 0.1) is 6.20 Å². The highest BCUT2D eigenvalue weighted by molar-refractivity contribution is 5.51. The van der Waals surface area contributed by atoms with Crippen molar-refractivity contribution in [2.75, 3.05) is 17.7 Å². The van der Waals surface area contributed by atoms with Crippen molar-refractivity contribution in [3.8, 4) is 5.75 Å². The minimum atomic E-state index is 0.111. The van der Waals surface area contributed by atoms with Crippen molar-refractivity contribution in [2.45, 2.75) is 38.8 Å². The van der Waals surface area contributed by atoms with E-state index >= 15 is 0 Å². The van der Waals surface area contributed by atoms with E-state index in [9.17, 15) is 5.11 Å². The van der Waals surface area contributed by atoms with Crippen LogP contribution in [-0.2, 0) is 6.61 Å². The van der Waals surface area contributed by atoms with Gasteiger partial charge in [-0.05, 0) is 18.9 Å². The highest BCUT2D eigenvalue weighted by Gasteiger charge is 2.13. The summed E-state index contributed by atoms with van der Waals surface area (Å²) >= 11 is 0. The maximum atomic E-state index is 9.18. The lowest BCUT2D eigenvalue weighted by Crippen LogP contribution is -2.22. The molecule has 0 saturated carbocycles. The van der Waals surface area contributed by atoms with Gasteiger partial charge in [0, 0.05) is 30.6 Å². The van der Waals surface area contributed by atoms with E-state index in [0.717, 1.165) is 18.4 Å². The molecule has 1 atom stereocenters. The van der Waals surface area contributed by atoms with E-state index in [1.54, 1.807) is 18.6 Å². The second-order valence-corrected chi connectivity index (χ2v) is 5.23. The van der Waals surface area contributed by atoms with Gasteiger partial charge in [-0.1, -0.05) is 19.4 Å². The lowest BCUT2D eigenvalue weighted by Gasteiger charge is -2.19. The molecule has 7 heteroatoms. The Morgan fingerprint density at radius 3 is 2.91 bits per heavy atom. The molecular formula is C16H23N5O2. The fourth-order valence-corrected chi connectivity index (χ4v) is 2.22. The molecule has 0 fully saturated rings. The topological polar surface area (TPSA) is 106 Å². The number of hydrogen-bond donors (Lipinski definition) is 3. The quantitative estimate of drug-likeness (QED) is 0.649. The first-order valence-electron chi connectivity index (χ1n) is 7.74. The van der Waals surface area contributed by atoms with Crippen LogP contribution in [0.25, 0.3) is 0 Å². The van der Waals surface area contributed by atoms with Gasteiger partial charge in [-0.25, -0.2) is 4.98 Å².